The summed E-state index contributed by atoms with van der Waals surface area (Å²) in [4.78, 5) is 26.4. The summed E-state index contributed by atoms with van der Waals surface area (Å²) in [5.41, 5.74) is 3.20. The van der Waals surface area contributed by atoms with Gasteiger partial charge in [0.05, 0.1) is 19.3 Å². The van der Waals surface area contributed by atoms with E-state index in [2.05, 4.69) is 72.5 Å². The lowest BCUT2D eigenvalue weighted by molar-refractivity contribution is 0.0866. The molecule has 0 bridgehead atoms. The number of carbonyl (C=O) groups is 2. The molecule has 3 N–H and O–H groups in total. The lowest BCUT2D eigenvalue weighted by Crippen LogP contribution is -2.43. The molecule has 0 unspecified atom stereocenters. The Bertz CT molecular complexity index is 2690. The molecule has 2 fully saturated rings. The monoisotopic (exact) mass is 1070 g/mol. The second kappa shape index (κ2) is 24.7. The SMILES string of the molecule is CC(C)(C)S(C)(C)OC[C@@H]1OC(=O)N(c2ccc(Oc3ccc(Cl)cc3)cc2)[C@H]1c1ccccc1.CC(C)(C)[Si](C)(C)OC[C@@H]1OC(=O)N[C@H]1c1ccccc1.OB(O)c1ccc(Oc2ccc(Cl)cc2)cc1. The molecule has 6 aromatic carbocycles. The Hall–Kier alpha value is -5.49. The van der Waals surface area contributed by atoms with Crippen molar-refractivity contribution in [2.24, 2.45) is 0 Å². The van der Waals surface area contributed by atoms with Gasteiger partial charge in [-0.2, -0.15) is 0 Å². The molecule has 8 rings (SSSR count). The molecule has 0 spiro atoms. The van der Waals surface area contributed by atoms with Crippen LogP contribution >= 0.6 is 33.5 Å². The average molecular weight is 1070 g/mol. The Morgan fingerprint density at radius 1 is 0.630 bits per heavy atom. The summed E-state index contributed by atoms with van der Waals surface area (Å²) in [6.45, 7) is 18.3. The molecule has 2 aliphatic heterocycles. The first-order valence-corrected chi connectivity index (χ1v) is 30.0. The molecular weight excluding hydrogens is 1000 g/mol. The molecule has 0 saturated carbocycles. The zero-order valence-corrected chi connectivity index (χ0v) is 46.4. The zero-order valence-electron chi connectivity index (χ0n) is 43.1. The molecule has 2 aliphatic rings. The molecule has 2 heterocycles. The van der Waals surface area contributed by atoms with Crippen molar-refractivity contribution in [3.05, 3.63) is 179 Å². The largest absolute Gasteiger partial charge is 0.488 e. The summed E-state index contributed by atoms with van der Waals surface area (Å²) >= 11 is 11.7. The molecule has 73 heavy (non-hydrogen) atoms. The fourth-order valence-electron chi connectivity index (χ4n) is 7.06. The maximum Gasteiger partial charge on any atom is 0.488 e. The third-order valence-electron chi connectivity index (χ3n) is 13.1. The average Bonchev–Trinajstić information content (AvgIpc) is 3.90. The van der Waals surface area contributed by atoms with Crippen molar-refractivity contribution < 1.29 is 47.2 Å². The van der Waals surface area contributed by atoms with Crippen LogP contribution in [0.15, 0.2) is 158 Å². The first-order valence-electron chi connectivity index (χ1n) is 23.9. The minimum atomic E-state index is -1.84. The maximum atomic E-state index is 13.1. The molecule has 2 amide bonds. The zero-order chi connectivity index (χ0) is 53.1. The number of hydrogen-bond acceptors (Lipinski definition) is 10. The first kappa shape index (κ1) is 56.8. The van der Waals surface area contributed by atoms with Crippen molar-refractivity contribution in [3.63, 3.8) is 0 Å². The van der Waals surface area contributed by atoms with Crippen molar-refractivity contribution in [2.75, 3.05) is 30.6 Å². The van der Waals surface area contributed by atoms with E-state index in [4.69, 9.17) is 60.8 Å². The second-order valence-electron chi connectivity index (χ2n) is 20.4. The van der Waals surface area contributed by atoms with Crippen LogP contribution in [0.1, 0.15) is 64.8 Å². The summed E-state index contributed by atoms with van der Waals surface area (Å²) in [6, 6.07) is 47.5. The highest BCUT2D eigenvalue weighted by Gasteiger charge is 2.45. The number of benzene rings is 6. The molecule has 388 valence electrons. The molecule has 2 saturated heterocycles. The Kier molecular flexibility index (Phi) is 19.2. The van der Waals surface area contributed by atoms with Gasteiger partial charge in [0.25, 0.3) is 0 Å². The maximum absolute atomic E-state index is 13.1. The second-order valence-corrected chi connectivity index (χ2v) is 30.0. The summed E-state index contributed by atoms with van der Waals surface area (Å²) in [5, 5.41) is 22.2. The van der Waals surface area contributed by atoms with Crippen LogP contribution in [-0.2, 0) is 18.1 Å². The van der Waals surface area contributed by atoms with Gasteiger partial charge >= 0.3 is 19.3 Å². The summed E-state index contributed by atoms with van der Waals surface area (Å²) in [7, 11) is -4.67. The minimum absolute atomic E-state index is 0.0114. The van der Waals surface area contributed by atoms with Crippen LogP contribution in [0.25, 0.3) is 0 Å². The van der Waals surface area contributed by atoms with E-state index in [1.807, 2.05) is 97.1 Å². The Balaban J connectivity index is 0.000000194. The van der Waals surface area contributed by atoms with Crippen molar-refractivity contribution in [1.29, 1.82) is 0 Å². The Morgan fingerprint density at radius 2 is 1.08 bits per heavy atom. The van der Waals surface area contributed by atoms with Crippen LogP contribution in [0.4, 0.5) is 15.3 Å². The Labute approximate surface area is 443 Å². The number of carbonyl (C=O) groups excluding carboxylic acids is 2. The van der Waals surface area contributed by atoms with Crippen LogP contribution < -0.4 is 25.2 Å². The molecule has 6 aromatic rings. The number of nitrogens with one attached hydrogen (secondary N) is 1. The van der Waals surface area contributed by atoms with Gasteiger partial charge in [0.15, 0.2) is 14.4 Å². The molecule has 12 nitrogen and oxygen atoms in total. The van der Waals surface area contributed by atoms with E-state index >= 15 is 0 Å². The van der Waals surface area contributed by atoms with E-state index in [-0.39, 0.29) is 40.2 Å². The number of cyclic esters (lactones) is 2. The third-order valence-corrected chi connectivity index (χ3v) is 21.8. The number of ether oxygens (including phenoxy) is 4. The molecule has 17 heteroatoms. The predicted molar refractivity (Wildman–Crippen MR) is 299 cm³/mol. The minimum Gasteiger partial charge on any atom is -0.457 e. The fraction of sp³-hybridized carbons (Fsp3) is 0.321. The number of anilines is 1. The van der Waals surface area contributed by atoms with Gasteiger partial charge in [-0.3, -0.25) is 4.90 Å². The van der Waals surface area contributed by atoms with Gasteiger partial charge in [-0.25, -0.2) is 9.59 Å². The van der Waals surface area contributed by atoms with Crippen LogP contribution in [0.3, 0.4) is 0 Å². The highest BCUT2D eigenvalue weighted by atomic mass is 35.5. The first-order chi connectivity index (χ1) is 34.4. The van der Waals surface area contributed by atoms with Crippen molar-refractivity contribution in [2.45, 2.75) is 88.7 Å². The molecule has 0 aliphatic carbocycles. The summed E-state index contributed by atoms with van der Waals surface area (Å²) < 4.78 is 35.3. The van der Waals surface area contributed by atoms with E-state index in [0.717, 1.165) is 16.8 Å². The molecule has 0 aromatic heterocycles. The van der Waals surface area contributed by atoms with Crippen LogP contribution in [-0.4, -0.2) is 80.4 Å². The van der Waals surface area contributed by atoms with Crippen LogP contribution in [0.5, 0.6) is 23.0 Å². The Morgan fingerprint density at radius 3 is 1.53 bits per heavy atom. The van der Waals surface area contributed by atoms with E-state index in [1.165, 1.54) is 0 Å². The fourth-order valence-corrected chi connectivity index (χ4v) is 9.16. The van der Waals surface area contributed by atoms with Crippen molar-refractivity contribution >= 4 is 72.3 Å². The smallest absolute Gasteiger partial charge is 0.457 e. The lowest BCUT2D eigenvalue weighted by atomic mass is 9.80. The summed E-state index contributed by atoms with van der Waals surface area (Å²) in [6.07, 6.45) is 2.85. The molecule has 0 radical (unpaired) electrons. The van der Waals surface area contributed by atoms with Gasteiger partial charge < -0.3 is 42.9 Å². The van der Waals surface area contributed by atoms with Gasteiger partial charge in [0.1, 0.15) is 35.1 Å². The highest BCUT2D eigenvalue weighted by molar-refractivity contribution is 8.29. The number of hydrogen-bond donors (Lipinski definition) is 3. The lowest BCUT2D eigenvalue weighted by Gasteiger charge is -2.44. The predicted octanol–water partition coefficient (Wildman–Crippen LogP) is 13.7. The van der Waals surface area contributed by atoms with Crippen LogP contribution in [0.2, 0.25) is 28.2 Å². The van der Waals surface area contributed by atoms with E-state index < -0.39 is 31.8 Å². The normalized spacial score (nSPS) is 18.0. The van der Waals surface area contributed by atoms with Gasteiger partial charge in [-0.05, 0) is 132 Å². The van der Waals surface area contributed by atoms with E-state index in [1.54, 1.807) is 65.6 Å². The number of halogens is 2. The number of rotatable bonds is 14. The number of nitrogens with zero attached hydrogens (tertiary/aromatic N) is 1. The quantitative estimate of drug-likeness (QED) is 0.0902. The van der Waals surface area contributed by atoms with Gasteiger partial charge in [-0.1, -0.05) is 138 Å². The van der Waals surface area contributed by atoms with Crippen molar-refractivity contribution in [1.82, 2.24) is 5.32 Å². The third kappa shape index (κ3) is 15.8. The van der Waals surface area contributed by atoms with Gasteiger partial charge in [0, 0.05) is 20.5 Å². The number of alkyl carbamates (subject to hydrolysis) is 1. The van der Waals surface area contributed by atoms with Gasteiger partial charge in [-0.15, -0.1) is 10.3 Å². The summed E-state index contributed by atoms with van der Waals surface area (Å²) in [5.74, 6) is 2.64. The standard InChI is InChI=1S/C28H32ClNO4S.C16H25NO3Si.C12H10BClO3/c1-28(2,3)35(4,5)32-19-25-26(20-9-7-6-8-10-20)30(27(31)34-25)22-13-17-24(18-14-22)33-23-15-11-21(29)12-16-23;1-16(2,3)21(4,5)19-11-13-14(17-15(18)20-13)12-9-7-6-8-10-12;14-10-3-7-12(8-4-10)17-11-5-1-9(2-6-11)13(15)16/h6-18,25-26H,19H2,1-5H3;6-10,13-14H,11H2,1-5H3,(H,17,18);1-8,15-16H/t25-,26-;13-,14-;/m00./s1. The highest BCUT2D eigenvalue weighted by Crippen LogP contribution is 2.54. The topological polar surface area (TPSA) is 145 Å². The van der Waals surface area contributed by atoms with E-state index in [0.29, 0.717) is 51.7 Å². The van der Waals surface area contributed by atoms with Crippen LogP contribution in [0, 0.1) is 0 Å². The van der Waals surface area contributed by atoms with Gasteiger partial charge in [0.2, 0.25) is 0 Å². The molecular formula is C56H67BCl2N2O10SSi. The van der Waals surface area contributed by atoms with E-state index in [9.17, 15) is 9.59 Å². The molecule has 4 atom stereocenters. The number of amides is 2. The van der Waals surface area contributed by atoms with Crippen molar-refractivity contribution in [3.8, 4) is 23.0 Å².